The first kappa shape index (κ1) is 35.0. The SMILES string of the molecule is CCCCC(=O)O[C@]1(C(=O)COC(=O)c2cccc(CON(O)O)c2)[C@@H](C)C[C@H]2C3CCC4=CC(=O)C=C[C@]4(C)[C@@]3(F)[C@@H](O)C[C@@]21C. The molecule has 11 nitrogen and oxygen atoms in total. The predicted molar refractivity (Wildman–Crippen MR) is 163 cm³/mol. The van der Waals surface area contributed by atoms with Crippen molar-refractivity contribution in [2.45, 2.75) is 96.6 Å². The van der Waals surface area contributed by atoms with E-state index in [-0.39, 0.29) is 30.8 Å². The van der Waals surface area contributed by atoms with Gasteiger partial charge < -0.3 is 14.6 Å². The van der Waals surface area contributed by atoms with E-state index in [4.69, 9.17) is 19.9 Å². The van der Waals surface area contributed by atoms with Crippen molar-refractivity contribution in [3.8, 4) is 0 Å². The van der Waals surface area contributed by atoms with Gasteiger partial charge in [-0.25, -0.2) is 14.0 Å². The Morgan fingerprint density at radius 2 is 1.89 bits per heavy atom. The van der Waals surface area contributed by atoms with E-state index >= 15 is 4.39 Å². The van der Waals surface area contributed by atoms with Gasteiger partial charge in [0.25, 0.3) is 0 Å². The Labute approximate surface area is 273 Å². The highest BCUT2D eigenvalue weighted by Gasteiger charge is 2.77. The van der Waals surface area contributed by atoms with Crippen molar-refractivity contribution in [3.05, 3.63) is 59.2 Å². The maximum absolute atomic E-state index is 17.7. The molecule has 0 spiro atoms. The van der Waals surface area contributed by atoms with Gasteiger partial charge in [0.15, 0.2) is 23.7 Å². The van der Waals surface area contributed by atoms with Crippen LogP contribution in [0.5, 0.6) is 0 Å². The van der Waals surface area contributed by atoms with Gasteiger partial charge >= 0.3 is 11.9 Å². The molecule has 3 fully saturated rings. The average Bonchev–Trinajstić information content (AvgIpc) is 3.24. The van der Waals surface area contributed by atoms with E-state index in [1.165, 1.54) is 30.4 Å². The Morgan fingerprint density at radius 1 is 1.15 bits per heavy atom. The predicted octanol–water partition coefficient (Wildman–Crippen LogP) is 5.01. The summed E-state index contributed by atoms with van der Waals surface area (Å²) in [5.41, 5.74) is -5.22. The van der Waals surface area contributed by atoms with E-state index in [0.717, 1.165) is 6.42 Å². The summed E-state index contributed by atoms with van der Waals surface area (Å²) in [6.45, 7) is 6.21. The zero-order valence-electron chi connectivity index (χ0n) is 27.2. The summed E-state index contributed by atoms with van der Waals surface area (Å²) >= 11 is 0. The highest BCUT2D eigenvalue weighted by Crippen LogP contribution is 2.71. The van der Waals surface area contributed by atoms with Crippen molar-refractivity contribution in [1.82, 2.24) is 5.39 Å². The molecular weight excluding hydrogens is 613 g/mol. The standard InChI is InChI=1S/C35H44FNO10/c1-5-6-10-30(41)47-35(29(40)20-45-31(42)23-9-7-8-22(16-23)19-46-37(43)44)21(2)15-27-26-12-11-24-17-25(38)13-14-32(24,3)34(26,36)28(39)18-33(27,35)4/h7-9,13-14,16-17,21,26-28,39,43-44H,5-6,10-12,15,18-20H2,1-4H3/t21-,26?,27-,28-,32-,33-,34-,35-/m0/s1. The number of carbonyl (C=O) groups excluding carboxylic acids is 4. The molecule has 1 aromatic rings. The van der Waals surface area contributed by atoms with Gasteiger partial charge in [-0.1, -0.05) is 51.0 Å². The molecule has 0 aromatic heterocycles. The summed E-state index contributed by atoms with van der Waals surface area (Å²) in [5, 5.41) is 29.0. The molecule has 3 N–H and O–H groups in total. The van der Waals surface area contributed by atoms with E-state index in [2.05, 4.69) is 4.84 Å². The lowest BCUT2D eigenvalue weighted by Gasteiger charge is -2.62. The maximum Gasteiger partial charge on any atom is 0.338 e. The van der Waals surface area contributed by atoms with Crippen molar-refractivity contribution in [2.24, 2.45) is 28.6 Å². The molecule has 0 amide bonds. The first-order chi connectivity index (χ1) is 22.1. The monoisotopic (exact) mass is 657 g/mol. The van der Waals surface area contributed by atoms with Crippen LogP contribution < -0.4 is 0 Å². The normalized spacial score (nSPS) is 35.9. The van der Waals surface area contributed by atoms with E-state index in [1.807, 2.05) is 6.92 Å². The lowest BCUT2D eigenvalue weighted by atomic mass is 9.44. The van der Waals surface area contributed by atoms with Crippen LogP contribution in [-0.2, 0) is 35.3 Å². The summed E-state index contributed by atoms with van der Waals surface area (Å²) in [7, 11) is 0. The topological polar surface area (TPSA) is 160 Å². The molecule has 4 aliphatic rings. The summed E-state index contributed by atoms with van der Waals surface area (Å²) < 4.78 is 29.4. The van der Waals surface area contributed by atoms with Gasteiger partial charge in [-0.3, -0.25) is 24.8 Å². The van der Waals surface area contributed by atoms with Gasteiger partial charge in [0.2, 0.25) is 5.78 Å². The molecule has 0 bridgehead atoms. The minimum atomic E-state index is -2.13. The number of halogens is 1. The third-order valence-corrected chi connectivity index (χ3v) is 11.4. The van der Waals surface area contributed by atoms with Crippen LogP contribution in [0, 0.1) is 28.6 Å². The van der Waals surface area contributed by atoms with Crippen LogP contribution in [0.1, 0.15) is 88.6 Å². The van der Waals surface area contributed by atoms with Gasteiger partial charge in [0.05, 0.1) is 23.7 Å². The number of rotatable bonds is 11. The molecule has 8 atom stereocenters. The van der Waals surface area contributed by atoms with Gasteiger partial charge in [0.1, 0.15) is 0 Å². The third-order valence-electron chi connectivity index (χ3n) is 11.4. The molecular formula is C35H44FNO10. The van der Waals surface area contributed by atoms with Crippen LogP contribution >= 0.6 is 0 Å². The Kier molecular flexibility index (Phi) is 9.66. The summed E-state index contributed by atoms with van der Waals surface area (Å²) in [5.74, 6) is -4.05. The number of allylic oxidation sites excluding steroid dienone is 4. The first-order valence-corrected chi connectivity index (χ1v) is 16.3. The minimum Gasteiger partial charge on any atom is -0.454 e. The number of hydrogen-bond donors (Lipinski definition) is 3. The Morgan fingerprint density at radius 3 is 2.60 bits per heavy atom. The van der Waals surface area contributed by atoms with Gasteiger partial charge in [-0.15, -0.1) is 0 Å². The highest BCUT2D eigenvalue weighted by atomic mass is 19.1. The van der Waals surface area contributed by atoms with Crippen LogP contribution in [0.3, 0.4) is 0 Å². The second kappa shape index (κ2) is 13.0. The van der Waals surface area contributed by atoms with E-state index in [9.17, 15) is 24.3 Å². The van der Waals surface area contributed by atoms with Crippen molar-refractivity contribution in [2.75, 3.05) is 6.61 Å². The molecule has 4 aliphatic carbocycles. The number of hydrogen-bond acceptors (Lipinski definition) is 11. The summed E-state index contributed by atoms with van der Waals surface area (Å²) in [4.78, 5) is 57.6. The van der Waals surface area contributed by atoms with Gasteiger partial charge in [-0.05, 0) is 74.8 Å². The molecule has 1 unspecified atom stereocenters. The number of esters is 2. The van der Waals surface area contributed by atoms with E-state index in [1.54, 1.807) is 32.9 Å². The molecule has 256 valence electrons. The van der Waals surface area contributed by atoms with Crippen LogP contribution in [0.4, 0.5) is 4.39 Å². The molecule has 1 aromatic carbocycles. The Balaban J connectivity index is 1.47. The fourth-order valence-electron chi connectivity index (χ4n) is 9.19. The van der Waals surface area contributed by atoms with Gasteiger partial charge in [-0.2, -0.15) is 0 Å². The van der Waals surface area contributed by atoms with E-state index in [0.29, 0.717) is 36.8 Å². The molecule has 3 saturated carbocycles. The largest absolute Gasteiger partial charge is 0.454 e. The number of carbonyl (C=O) groups is 4. The molecule has 47 heavy (non-hydrogen) atoms. The molecule has 0 radical (unpaired) electrons. The van der Waals surface area contributed by atoms with E-state index < -0.39 is 75.7 Å². The lowest BCUT2D eigenvalue weighted by molar-refractivity contribution is -0.497. The fraction of sp³-hybridized carbons (Fsp3) is 0.600. The number of ether oxygens (including phenoxy) is 2. The number of benzene rings is 1. The minimum absolute atomic E-state index is 0.0663. The number of Topliss-reactive ketones (excluding diaryl/α,β-unsaturated/α-hetero) is 1. The number of fused-ring (bicyclic) bond motifs is 5. The Bertz CT molecular complexity index is 1490. The number of aliphatic hydroxyl groups excluding tert-OH is 1. The number of ketones is 2. The maximum atomic E-state index is 17.7. The second-order valence-corrected chi connectivity index (χ2v) is 13.9. The number of nitrogens with zero attached hydrogens (tertiary/aromatic N) is 1. The van der Waals surface area contributed by atoms with Crippen molar-refractivity contribution in [3.63, 3.8) is 0 Å². The number of alkyl halides is 1. The van der Waals surface area contributed by atoms with Crippen molar-refractivity contribution >= 4 is 23.5 Å². The zero-order valence-corrected chi connectivity index (χ0v) is 27.2. The number of unbranched alkanes of at least 4 members (excludes halogenated alkanes) is 1. The van der Waals surface area contributed by atoms with Crippen molar-refractivity contribution in [1.29, 1.82) is 0 Å². The molecule has 0 saturated heterocycles. The fourth-order valence-corrected chi connectivity index (χ4v) is 9.19. The molecule has 0 aliphatic heterocycles. The molecule has 5 rings (SSSR count). The average molecular weight is 658 g/mol. The first-order valence-electron chi connectivity index (χ1n) is 16.3. The van der Waals surface area contributed by atoms with Crippen LogP contribution in [-0.4, -0.2) is 68.4 Å². The van der Waals surface area contributed by atoms with Gasteiger partial charge in [0, 0.05) is 29.1 Å². The zero-order chi connectivity index (χ0) is 34.4. The Hall–Kier alpha value is -3.29. The van der Waals surface area contributed by atoms with Crippen LogP contribution in [0.2, 0.25) is 0 Å². The third kappa shape index (κ3) is 5.67. The van der Waals surface area contributed by atoms with Crippen LogP contribution in [0.25, 0.3) is 0 Å². The molecule has 12 heteroatoms. The lowest BCUT2D eigenvalue weighted by Crippen LogP contribution is -2.70. The summed E-state index contributed by atoms with van der Waals surface area (Å²) in [6.07, 6.45) is 5.09. The second-order valence-electron chi connectivity index (χ2n) is 13.9. The quantitative estimate of drug-likeness (QED) is 0.217. The smallest absolute Gasteiger partial charge is 0.338 e. The van der Waals surface area contributed by atoms with Crippen LogP contribution in [0.15, 0.2) is 48.1 Å². The molecule has 0 heterocycles. The van der Waals surface area contributed by atoms with Crippen molar-refractivity contribution < 1.29 is 53.4 Å². The highest BCUT2D eigenvalue weighted by molar-refractivity contribution is 6.01. The summed E-state index contributed by atoms with van der Waals surface area (Å²) in [6, 6.07) is 5.99. The number of aliphatic hydroxyl groups is 1.